The average Bonchev–Trinajstić information content (AvgIpc) is 1.64. The zero-order valence-electron chi connectivity index (χ0n) is 4.75. The first-order valence-corrected chi connectivity index (χ1v) is 5.14. The fraction of sp³-hybridized carbons (Fsp3) is 0.667. The molecule has 0 aliphatic heterocycles. The first kappa shape index (κ1) is 8.77. The molecule has 0 aromatic heterocycles. The minimum Gasteiger partial charge on any atom is -0.262 e. The van der Waals surface area contributed by atoms with Gasteiger partial charge in [0, 0.05) is 5.75 Å². The second kappa shape index (κ2) is 3.73. The monoisotopic (exact) mass is 168 g/mol. The molecule has 0 unspecified atom stereocenters. The molecule has 0 aliphatic carbocycles. The van der Waals surface area contributed by atoms with Crippen LogP contribution in [0.1, 0.15) is 6.92 Å². The zero-order valence-corrected chi connectivity index (χ0v) is 6.38. The third kappa shape index (κ3) is 4.28. The molecule has 1 N–H and O–H groups in total. The van der Waals surface area contributed by atoms with Gasteiger partial charge in [0.25, 0.3) is 9.06 Å². The van der Waals surface area contributed by atoms with E-state index in [0.29, 0.717) is 16.5 Å². The van der Waals surface area contributed by atoms with Crippen LogP contribution in [-0.2, 0) is 13.8 Å². The van der Waals surface area contributed by atoms with Crippen LogP contribution in [0.3, 0.4) is 0 Å². The fourth-order valence-corrected chi connectivity index (χ4v) is 1.92. The molecule has 53 valence electrons. The third-order valence-corrected chi connectivity index (χ3v) is 3.21. The molecule has 0 aromatic carbocycles. The summed E-state index contributed by atoms with van der Waals surface area (Å²) in [5, 5.41) is 0. The van der Waals surface area contributed by atoms with E-state index in [-0.39, 0.29) is 0 Å². The largest absolute Gasteiger partial charge is 0.324 e. The van der Waals surface area contributed by atoms with Crippen LogP contribution in [-0.4, -0.2) is 20.6 Å². The molecule has 0 bridgehead atoms. The summed E-state index contributed by atoms with van der Waals surface area (Å²) in [7, 11) is -2.78. The van der Waals surface area contributed by atoms with Crippen molar-refractivity contribution >= 4 is 26.3 Å². The minimum absolute atomic E-state index is 0.414. The Hall–Kier alpha value is -0.230. The van der Waals surface area contributed by atoms with E-state index in [1.807, 2.05) is 0 Å². The highest BCUT2D eigenvalue weighted by molar-refractivity contribution is 8.71. The van der Waals surface area contributed by atoms with E-state index in [1.54, 1.807) is 11.6 Å². The molecular weight excluding hydrogens is 162 g/mol. The fourth-order valence-electron chi connectivity index (χ4n) is 0.236. The molecule has 0 spiro atoms. The van der Waals surface area contributed by atoms with Gasteiger partial charge >= 0.3 is 6.41 Å². The molecule has 0 atom stereocenters. The summed E-state index contributed by atoms with van der Waals surface area (Å²) in [6, 6.07) is 0. The molecule has 1 amide bonds. The molecule has 0 saturated heterocycles. The molecule has 0 saturated carbocycles. The number of hydrogen-bond acceptors (Lipinski definition) is 4. The number of hydrogen-bond donors (Lipinski definition) is 1. The molecule has 0 aliphatic rings. The van der Waals surface area contributed by atoms with Gasteiger partial charge < -0.3 is 0 Å². The first-order valence-electron chi connectivity index (χ1n) is 2.15. The van der Waals surface area contributed by atoms with Crippen molar-refractivity contribution < 1.29 is 13.2 Å². The quantitative estimate of drug-likeness (QED) is 0.460. The molecule has 9 heavy (non-hydrogen) atoms. The number of nitrogens with one attached hydrogen (secondary N) is 1. The van der Waals surface area contributed by atoms with E-state index >= 15 is 0 Å². The van der Waals surface area contributed by atoms with Crippen LogP contribution in [0.4, 0.5) is 0 Å². The van der Waals surface area contributed by atoms with Crippen molar-refractivity contribution in [1.82, 2.24) is 4.72 Å². The van der Waals surface area contributed by atoms with Crippen molar-refractivity contribution in [1.29, 1.82) is 0 Å². The lowest BCUT2D eigenvalue weighted by Crippen LogP contribution is -2.17. The normalized spacial score (nSPS) is 10.8. The first-order chi connectivity index (χ1) is 4.12. The molecule has 1 radical (unpaired) electrons. The van der Waals surface area contributed by atoms with Gasteiger partial charge in [0.2, 0.25) is 0 Å². The topological polar surface area (TPSA) is 63.2 Å². The maximum Gasteiger partial charge on any atom is 0.324 e. The lowest BCUT2D eigenvalue weighted by Gasteiger charge is -1.94. The number of amides is 1. The predicted molar refractivity (Wildman–Crippen MR) is 35.9 cm³/mol. The van der Waals surface area contributed by atoms with Gasteiger partial charge in [-0.2, -0.15) is 8.42 Å². The number of rotatable bonds is 4. The van der Waals surface area contributed by atoms with Gasteiger partial charge in [0.05, 0.1) is 0 Å². The molecule has 0 fully saturated rings. The van der Waals surface area contributed by atoms with E-state index in [2.05, 4.69) is 0 Å². The van der Waals surface area contributed by atoms with Gasteiger partial charge in [0.15, 0.2) is 0 Å². The molecule has 6 heteroatoms. The summed E-state index contributed by atoms with van der Waals surface area (Å²) in [6.45, 7) is 1.68. The Morgan fingerprint density at radius 1 is 1.67 bits per heavy atom. The maximum absolute atomic E-state index is 10.4. The maximum atomic E-state index is 10.4. The van der Waals surface area contributed by atoms with Gasteiger partial charge in [-0.25, -0.2) is 4.72 Å². The van der Waals surface area contributed by atoms with Crippen LogP contribution in [0.15, 0.2) is 0 Å². The molecule has 0 heterocycles. The SMILES string of the molecule is CCSS(=O)(=O)N[C]=O. The van der Waals surface area contributed by atoms with Crippen molar-refractivity contribution in [3.05, 3.63) is 0 Å². The third-order valence-electron chi connectivity index (χ3n) is 0.440. The highest BCUT2D eigenvalue weighted by atomic mass is 33.1. The van der Waals surface area contributed by atoms with Crippen LogP contribution in [0.5, 0.6) is 0 Å². The van der Waals surface area contributed by atoms with E-state index in [4.69, 9.17) is 0 Å². The van der Waals surface area contributed by atoms with Crippen LogP contribution in [0.2, 0.25) is 0 Å². The summed E-state index contributed by atoms with van der Waals surface area (Å²) in [5.41, 5.74) is 0. The van der Waals surface area contributed by atoms with Gasteiger partial charge in [0.1, 0.15) is 0 Å². The van der Waals surface area contributed by atoms with E-state index in [0.717, 1.165) is 6.41 Å². The standard InChI is InChI=1S/C3H6NO3S2/c1-2-8-9(6,7)4-3-5/h2H2,1H3,(H,4,5). The van der Waals surface area contributed by atoms with Gasteiger partial charge in [-0.1, -0.05) is 6.92 Å². The van der Waals surface area contributed by atoms with Crippen molar-refractivity contribution in [2.45, 2.75) is 6.92 Å². The van der Waals surface area contributed by atoms with Crippen molar-refractivity contribution in [3.8, 4) is 0 Å². The predicted octanol–water partition coefficient (Wildman–Crippen LogP) is -0.359. The highest BCUT2D eigenvalue weighted by Gasteiger charge is 2.05. The highest BCUT2D eigenvalue weighted by Crippen LogP contribution is 2.06. The lowest BCUT2D eigenvalue weighted by atomic mass is 11.0. The summed E-state index contributed by atoms with van der Waals surface area (Å²) < 4.78 is 22.4. The summed E-state index contributed by atoms with van der Waals surface area (Å²) in [4.78, 5) is 9.47. The Bertz CT molecular complexity index is 173. The number of carbonyl (C=O) groups excluding carboxylic acids is 1. The zero-order chi connectivity index (χ0) is 7.33. The Morgan fingerprint density at radius 3 is 2.56 bits per heavy atom. The summed E-state index contributed by atoms with van der Waals surface area (Å²) in [5.74, 6) is 0.414. The van der Waals surface area contributed by atoms with E-state index in [9.17, 15) is 13.2 Å². The van der Waals surface area contributed by atoms with E-state index in [1.165, 1.54) is 0 Å². The lowest BCUT2D eigenvalue weighted by molar-refractivity contribution is 0.549. The minimum atomic E-state index is -3.44. The van der Waals surface area contributed by atoms with Gasteiger partial charge in [-0.3, -0.25) is 4.79 Å². The van der Waals surface area contributed by atoms with Crippen LogP contribution < -0.4 is 4.72 Å². The Balaban J connectivity index is 3.88. The summed E-state index contributed by atoms with van der Waals surface area (Å²) >= 11 is 0. The average molecular weight is 168 g/mol. The van der Waals surface area contributed by atoms with Crippen LogP contribution >= 0.6 is 10.8 Å². The molecule has 4 nitrogen and oxygen atoms in total. The van der Waals surface area contributed by atoms with Gasteiger partial charge in [-0.15, -0.1) is 0 Å². The Kier molecular flexibility index (Phi) is 3.64. The van der Waals surface area contributed by atoms with Crippen LogP contribution in [0.25, 0.3) is 0 Å². The molecule has 0 aromatic rings. The molecule has 0 rings (SSSR count). The van der Waals surface area contributed by atoms with E-state index < -0.39 is 9.06 Å². The van der Waals surface area contributed by atoms with Crippen molar-refractivity contribution in [2.24, 2.45) is 0 Å². The molecular formula is C3H6NO3S2. The van der Waals surface area contributed by atoms with Crippen molar-refractivity contribution in [2.75, 3.05) is 5.75 Å². The van der Waals surface area contributed by atoms with Crippen LogP contribution in [0, 0.1) is 0 Å². The second-order valence-electron chi connectivity index (χ2n) is 1.06. The smallest absolute Gasteiger partial charge is 0.262 e. The van der Waals surface area contributed by atoms with Gasteiger partial charge in [-0.05, 0) is 10.8 Å². The van der Waals surface area contributed by atoms with Crippen molar-refractivity contribution in [3.63, 3.8) is 0 Å². The Labute approximate surface area is 57.5 Å². The summed E-state index contributed by atoms with van der Waals surface area (Å²) in [6.07, 6.45) is 1.08. The Morgan fingerprint density at radius 2 is 2.22 bits per heavy atom. The second-order valence-corrected chi connectivity index (χ2v) is 5.01.